The molecule has 2 aromatic heterocycles. The largest absolute Gasteiger partial charge is 0.496 e. The average Bonchev–Trinajstić information content (AvgIpc) is 3.46. The minimum atomic E-state index is -0.317. The molecule has 1 amide bonds. The molecule has 0 aliphatic carbocycles. The van der Waals surface area contributed by atoms with Crippen LogP contribution in [0.1, 0.15) is 39.9 Å². The van der Waals surface area contributed by atoms with Gasteiger partial charge in [-0.1, -0.05) is 6.08 Å². The summed E-state index contributed by atoms with van der Waals surface area (Å²) >= 11 is 0. The summed E-state index contributed by atoms with van der Waals surface area (Å²) in [5.74, 6) is 2.35. The van der Waals surface area contributed by atoms with Crippen LogP contribution in [-0.2, 0) is 6.42 Å². The van der Waals surface area contributed by atoms with Gasteiger partial charge in [-0.3, -0.25) is 4.79 Å². The van der Waals surface area contributed by atoms with E-state index in [4.69, 9.17) is 23.0 Å². The van der Waals surface area contributed by atoms with E-state index in [0.29, 0.717) is 35.9 Å². The molecule has 158 valence electrons. The standard InChI is InChI=1S/C23H25NO6/c1-5-6-19(15-9-10-29-14-15)24-23(25)20-8-7-16(30-20)11-18-21(27-3)12-17(26-2)13-22(18)28-4/h5,7-10,12-14,19H,1,6,11H2,2-4H3,(H,24,25). The molecule has 2 heterocycles. The first kappa shape index (κ1) is 21.1. The van der Waals surface area contributed by atoms with Crippen molar-refractivity contribution in [3.63, 3.8) is 0 Å². The van der Waals surface area contributed by atoms with Gasteiger partial charge in [0.05, 0.1) is 39.9 Å². The summed E-state index contributed by atoms with van der Waals surface area (Å²) in [6.07, 6.45) is 5.87. The normalized spacial score (nSPS) is 11.6. The summed E-state index contributed by atoms with van der Waals surface area (Å²) in [6.45, 7) is 3.75. The summed E-state index contributed by atoms with van der Waals surface area (Å²) in [6, 6.07) is 8.53. The van der Waals surface area contributed by atoms with Gasteiger partial charge in [-0.05, 0) is 24.6 Å². The Morgan fingerprint density at radius 1 is 1.13 bits per heavy atom. The van der Waals surface area contributed by atoms with E-state index in [1.165, 1.54) is 0 Å². The second-order valence-corrected chi connectivity index (χ2v) is 6.56. The lowest BCUT2D eigenvalue weighted by molar-refractivity contribution is 0.0907. The van der Waals surface area contributed by atoms with Crippen molar-refractivity contribution in [3.8, 4) is 17.2 Å². The maximum absolute atomic E-state index is 12.7. The van der Waals surface area contributed by atoms with Crippen LogP contribution in [0.5, 0.6) is 17.2 Å². The van der Waals surface area contributed by atoms with Gasteiger partial charge in [-0.2, -0.15) is 0 Å². The first-order chi connectivity index (χ1) is 14.6. The van der Waals surface area contributed by atoms with Gasteiger partial charge in [-0.15, -0.1) is 6.58 Å². The van der Waals surface area contributed by atoms with Gasteiger partial charge in [0.25, 0.3) is 5.91 Å². The Morgan fingerprint density at radius 2 is 1.87 bits per heavy atom. The SMILES string of the molecule is C=CCC(NC(=O)c1ccc(Cc2c(OC)cc(OC)cc2OC)o1)c1ccoc1. The molecule has 0 saturated heterocycles. The molecule has 0 spiro atoms. The molecule has 3 aromatic rings. The quantitative estimate of drug-likeness (QED) is 0.493. The molecule has 0 fully saturated rings. The number of furan rings is 2. The van der Waals surface area contributed by atoms with Gasteiger partial charge in [0.15, 0.2) is 5.76 Å². The zero-order valence-electron chi connectivity index (χ0n) is 17.3. The van der Waals surface area contributed by atoms with Crippen LogP contribution in [-0.4, -0.2) is 27.2 Å². The summed E-state index contributed by atoms with van der Waals surface area (Å²) in [5, 5.41) is 2.94. The Morgan fingerprint density at radius 3 is 2.43 bits per heavy atom. The number of ether oxygens (including phenoxy) is 3. The lowest BCUT2D eigenvalue weighted by Gasteiger charge is -2.15. The molecular weight excluding hydrogens is 386 g/mol. The van der Waals surface area contributed by atoms with Crippen LogP contribution < -0.4 is 19.5 Å². The third kappa shape index (κ3) is 4.68. The van der Waals surface area contributed by atoms with Crippen LogP contribution >= 0.6 is 0 Å². The number of rotatable bonds is 10. The van der Waals surface area contributed by atoms with Crippen molar-refractivity contribution in [1.82, 2.24) is 5.32 Å². The molecule has 7 nitrogen and oxygen atoms in total. The topological polar surface area (TPSA) is 83.1 Å². The average molecular weight is 411 g/mol. The molecule has 1 N–H and O–H groups in total. The van der Waals surface area contributed by atoms with E-state index < -0.39 is 0 Å². The lowest BCUT2D eigenvalue weighted by Crippen LogP contribution is -2.27. The number of hydrogen-bond acceptors (Lipinski definition) is 6. The third-order valence-corrected chi connectivity index (χ3v) is 4.71. The Kier molecular flexibility index (Phi) is 6.85. The van der Waals surface area contributed by atoms with Crippen LogP contribution in [0.15, 0.2) is 64.3 Å². The van der Waals surface area contributed by atoms with Crippen molar-refractivity contribution >= 4 is 5.91 Å². The predicted molar refractivity (Wildman–Crippen MR) is 111 cm³/mol. The van der Waals surface area contributed by atoms with E-state index in [1.807, 2.05) is 6.07 Å². The van der Waals surface area contributed by atoms with Gasteiger partial charge in [0.1, 0.15) is 23.0 Å². The van der Waals surface area contributed by atoms with E-state index in [-0.39, 0.29) is 17.7 Å². The Bertz CT molecular complexity index is 964. The van der Waals surface area contributed by atoms with Gasteiger partial charge >= 0.3 is 0 Å². The molecular formula is C23H25NO6. The molecule has 0 aliphatic heterocycles. The fraction of sp³-hybridized carbons (Fsp3) is 0.261. The van der Waals surface area contributed by atoms with Crippen LogP contribution in [0.25, 0.3) is 0 Å². The van der Waals surface area contributed by atoms with Crippen molar-refractivity contribution in [1.29, 1.82) is 0 Å². The van der Waals surface area contributed by atoms with Crippen molar-refractivity contribution < 1.29 is 27.8 Å². The number of methoxy groups -OCH3 is 3. The van der Waals surface area contributed by atoms with Crippen molar-refractivity contribution in [2.45, 2.75) is 18.9 Å². The summed E-state index contributed by atoms with van der Waals surface area (Å²) in [4.78, 5) is 12.7. The van der Waals surface area contributed by atoms with Gasteiger partial charge in [0, 0.05) is 29.7 Å². The highest BCUT2D eigenvalue weighted by Gasteiger charge is 2.20. The first-order valence-corrected chi connectivity index (χ1v) is 9.41. The fourth-order valence-electron chi connectivity index (χ4n) is 3.17. The molecule has 1 atom stereocenters. The number of carbonyl (C=O) groups excluding carboxylic acids is 1. The fourth-order valence-corrected chi connectivity index (χ4v) is 3.17. The van der Waals surface area contributed by atoms with E-state index in [1.54, 1.807) is 64.2 Å². The highest BCUT2D eigenvalue weighted by atomic mass is 16.5. The molecule has 0 aliphatic rings. The highest BCUT2D eigenvalue weighted by Crippen LogP contribution is 2.36. The third-order valence-electron chi connectivity index (χ3n) is 4.71. The van der Waals surface area contributed by atoms with Crippen LogP contribution in [0.3, 0.4) is 0 Å². The van der Waals surface area contributed by atoms with E-state index in [2.05, 4.69) is 11.9 Å². The highest BCUT2D eigenvalue weighted by molar-refractivity contribution is 5.91. The smallest absolute Gasteiger partial charge is 0.287 e. The Labute approximate surface area is 175 Å². The summed E-state index contributed by atoms with van der Waals surface area (Å²) in [7, 11) is 4.73. The molecule has 3 rings (SSSR count). The van der Waals surface area contributed by atoms with E-state index in [0.717, 1.165) is 11.1 Å². The maximum atomic E-state index is 12.7. The van der Waals surface area contributed by atoms with E-state index >= 15 is 0 Å². The van der Waals surface area contributed by atoms with Crippen molar-refractivity contribution in [2.75, 3.05) is 21.3 Å². The molecule has 0 radical (unpaired) electrons. The minimum Gasteiger partial charge on any atom is -0.496 e. The number of carbonyl (C=O) groups is 1. The molecule has 1 aromatic carbocycles. The minimum absolute atomic E-state index is 0.217. The van der Waals surface area contributed by atoms with Crippen molar-refractivity contribution in [3.05, 3.63) is 78.2 Å². The summed E-state index contributed by atoms with van der Waals surface area (Å²) < 4.78 is 27.1. The number of nitrogens with one attached hydrogen (secondary N) is 1. The number of hydrogen-bond donors (Lipinski definition) is 1. The molecule has 7 heteroatoms. The van der Waals surface area contributed by atoms with Crippen LogP contribution in [0.2, 0.25) is 0 Å². The Balaban J connectivity index is 1.78. The zero-order valence-corrected chi connectivity index (χ0v) is 17.3. The van der Waals surface area contributed by atoms with Gasteiger partial charge in [-0.25, -0.2) is 0 Å². The monoisotopic (exact) mass is 411 g/mol. The lowest BCUT2D eigenvalue weighted by atomic mass is 10.1. The first-order valence-electron chi connectivity index (χ1n) is 9.41. The summed E-state index contributed by atoms with van der Waals surface area (Å²) in [5.41, 5.74) is 1.66. The van der Waals surface area contributed by atoms with Crippen LogP contribution in [0.4, 0.5) is 0 Å². The predicted octanol–water partition coefficient (Wildman–Crippen LogP) is 4.54. The number of benzene rings is 1. The molecule has 1 unspecified atom stereocenters. The second kappa shape index (κ2) is 9.73. The van der Waals surface area contributed by atoms with Gasteiger partial charge < -0.3 is 28.4 Å². The van der Waals surface area contributed by atoms with E-state index in [9.17, 15) is 4.79 Å². The second-order valence-electron chi connectivity index (χ2n) is 6.56. The molecule has 0 bridgehead atoms. The maximum Gasteiger partial charge on any atom is 0.287 e. The molecule has 0 saturated carbocycles. The Hall–Kier alpha value is -3.61. The van der Waals surface area contributed by atoms with Crippen molar-refractivity contribution in [2.24, 2.45) is 0 Å². The zero-order chi connectivity index (χ0) is 21.5. The van der Waals surface area contributed by atoms with Crippen LogP contribution in [0, 0.1) is 0 Å². The number of amides is 1. The molecule has 30 heavy (non-hydrogen) atoms. The van der Waals surface area contributed by atoms with Gasteiger partial charge in [0.2, 0.25) is 0 Å².